The van der Waals surface area contributed by atoms with Gasteiger partial charge in [0, 0.05) is 12.1 Å². The van der Waals surface area contributed by atoms with Crippen LogP contribution in [0, 0.1) is 10.1 Å². The Balaban J connectivity index is 1.13. The first kappa shape index (κ1) is 39.4. The van der Waals surface area contributed by atoms with Crippen LogP contribution < -0.4 is 14.8 Å². The highest BCUT2D eigenvalue weighted by molar-refractivity contribution is 7.91. The first-order chi connectivity index (χ1) is 27.1. The quantitative estimate of drug-likeness (QED) is 0.0581. The molecular weight excluding hydrogens is 733 g/mol. The number of aromatic carboxylic acids is 1. The second-order valence-corrected chi connectivity index (χ2v) is 15.0. The van der Waals surface area contributed by atoms with Gasteiger partial charge in [-0.1, -0.05) is 109 Å². The fourth-order valence-electron chi connectivity index (χ4n) is 6.19. The number of nitrogens with zero attached hydrogens (tertiary/aromatic N) is 1. The molecule has 0 radical (unpaired) electrons. The van der Waals surface area contributed by atoms with E-state index in [9.17, 15) is 33.5 Å². The Bertz CT molecular complexity index is 2360. The smallest absolute Gasteiger partial charge is 0.339 e. The van der Waals surface area contributed by atoms with Gasteiger partial charge in [0.1, 0.15) is 24.5 Å². The molecule has 0 saturated carbocycles. The molecule has 0 fully saturated rings. The van der Waals surface area contributed by atoms with E-state index >= 15 is 0 Å². The highest BCUT2D eigenvalue weighted by Crippen LogP contribution is 2.33. The Hall–Kier alpha value is -6.34. The van der Waals surface area contributed by atoms with Crippen molar-refractivity contribution in [2.45, 2.75) is 48.0 Å². The maximum Gasteiger partial charge on any atom is 0.339 e. The molecule has 0 bridgehead atoms. The van der Waals surface area contributed by atoms with Crippen molar-refractivity contribution in [1.82, 2.24) is 5.32 Å². The Morgan fingerprint density at radius 1 is 0.679 bits per heavy atom. The molecule has 12 heteroatoms. The number of nitro groups is 1. The molecule has 6 aromatic rings. The van der Waals surface area contributed by atoms with E-state index in [1.165, 1.54) is 36.4 Å². The lowest BCUT2D eigenvalue weighted by atomic mass is 9.95. The summed E-state index contributed by atoms with van der Waals surface area (Å²) in [5.74, 6) is -1.16. The number of hydrogen-bond donors (Lipinski definition) is 3. The lowest BCUT2D eigenvalue weighted by Gasteiger charge is -2.25. The zero-order valence-electron chi connectivity index (χ0n) is 30.2. The molecule has 0 heterocycles. The van der Waals surface area contributed by atoms with E-state index in [2.05, 4.69) is 5.32 Å². The average Bonchev–Trinajstić information content (AvgIpc) is 3.22. The molecule has 0 aliphatic carbocycles. The number of aliphatic hydroxyl groups is 1. The summed E-state index contributed by atoms with van der Waals surface area (Å²) in [5, 5.41) is 36.9. The molecule has 11 nitrogen and oxygen atoms in total. The number of rotatable bonds is 18. The number of hydrogen-bond acceptors (Lipinski definition) is 9. The number of carboxylic acids is 1. The summed E-state index contributed by atoms with van der Waals surface area (Å²) in [6.07, 6.45) is -0.218. The number of aliphatic hydroxyl groups excluding tert-OH is 1. The zero-order valence-corrected chi connectivity index (χ0v) is 31.0. The van der Waals surface area contributed by atoms with Gasteiger partial charge in [0.05, 0.1) is 20.8 Å². The lowest BCUT2D eigenvalue weighted by Crippen LogP contribution is -2.38. The zero-order chi connectivity index (χ0) is 39.5. The standard InChI is InChI=1S/C44H40N2O9S/c47-43(35-18-22-42(40(27-35)46(50)51)55-30-34-14-8-3-9-15-34)39(26-32-10-4-1-5-11-32)45-25-24-31-16-19-36(20-17-31)56(52,53)37-21-23-41(38(28-37)44(48)49)54-29-33-12-6-2-7-13-33/h1-23,27-28,39,43,45,47H,24-26,29-30H2,(H,48,49)/t39?,43-/m1/s1. The van der Waals surface area contributed by atoms with Crippen molar-refractivity contribution in [2.75, 3.05) is 6.54 Å². The maximum atomic E-state index is 13.6. The van der Waals surface area contributed by atoms with Gasteiger partial charge in [-0.2, -0.15) is 0 Å². The normalized spacial score (nSPS) is 12.4. The minimum Gasteiger partial charge on any atom is -0.488 e. The van der Waals surface area contributed by atoms with Crippen LogP contribution in [-0.2, 0) is 35.9 Å². The monoisotopic (exact) mass is 772 g/mol. The molecule has 0 aromatic heterocycles. The summed E-state index contributed by atoms with van der Waals surface area (Å²) in [5.41, 5.74) is 3.30. The Morgan fingerprint density at radius 2 is 1.21 bits per heavy atom. The van der Waals surface area contributed by atoms with Gasteiger partial charge in [0.15, 0.2) is 5.75 Å². The van der Waals surface area contributed by atoms with Crippen LogP contribution in [0.1, 0.15) is 44.3 Å². The van der Waals surface area contributed by atoms with E-state index in [1.807, 2.05) is 91.0 Å². The van der Waals surface area contributed by atoms with Gasteiger partial charge in [-0.3, -0.25) is 10.1 Å². The predicted molar refractivity (Wildman–Crippen MR) is 211 cm³/mol. The summed E-state index contributed by atoms with van der Waals surface area (Å²) >= 11 is 0. The van der Waals surface area contributed by atoms with Gasteiger partial charge in [-0.05, 0) is 83.6 Å². The van der Waals surface area contributed by atoms with E-state index in [0.717, 1.165) is 28.3 Å². The largest absolute Gasteiger partial charge is 0.488 e. The maximum absolute atomic E-state index is 13.6. The topological polar surface area (TPSA) is 165 Å². The second-order valence-electron chi connectivity index (χ2n) is 13.1. The van der Waals surface area contributed by atoms with E-state index in [4.69, 9.17) is 9.47 Å². The number of carbonyl (C=O) groups is 1. The van der Waals surface area contributed by atoms with E-state index in [1.54, 1.807) is 18.2 Å². The Labute approximate surface area is 324 Å². The fourth-order valence-corrected chi connectivity index (χ4v) is 7.48. The van der Waals surface area contributed by atoms with Crippen LogP contribution in [0.25, 0.3) is 0 Å². The van der Waals surface area contributed by atoms with Gasteiger partial charge >= 0.3 is 11.7 Å². The second kappa shape index (κ2) is 18.3. The first-order valence-corrected chi connectivity index (χ1v) is 19.4. The van der Waals surface area contributed by atoms with Gasteiger partial charge in [0.2, 0.25) is 9.84 Å². The predicted octanol–water partition coefficient (Wildman–Crippen LogP) is 7.76. The Morgan fingerprint density at radius 3 is 1.79 bits per heavy atom. The molecule has 2 atom stereocenters. The van der Waals surface area contributed by atoms with Crippen LogP contribution in [0.15, 0.2) is 161 Å². The van der Waals surface area contributed by atoms with Crippen molar-refractivity contribution in [3.05, 3.63) is 195 Å². The Kier molecular flexibility index (Phi) is 12.9. The summed E-state index contributed by atoms with van der Waals surface area (Å²) in [4.78, 5) is 23.4. The third-order valence-electron chi connectivity index (χ3n) is 9.22. The molecule has 0 saturated heterocycles. The number of carboxylic acid groups (broad SMARTS) is 1. The van der Waals surface area contributed by atoms with Crippen molar-refractivity contribution in [1.29, 1.82) is 0 Å². The number of sulfone groups is 1. The van der Waals surface area contributed by atoms with Crippen LogP contribution in [0.5, 0.6) is 11.5 Å². The average molecular weight is 773 g/mol. The molecule has 6 aromatic carbocycles. The molecule has 1 unspecified atom stereocenters. The van der Waals surface area contributed by atoms with Crippen molar-refractivity contribution < 1.29 is 37.8 Å². The highest BCUT2D eigenvalue weighted by Gasteiger charge is 2.26. The van der Waals surface area contributed by atoms with Crippen LogP contribution >= 0.6 is 0 Å². The van der Waals surface area contributed by atoms with Crippen molar-refractivity contribution in [2.24, 2.45) is 0 Å². The molecule has 0 aliphatic heterocycles. The van der Waals surface area contributed by atoms with Gasteiger partial charge in [-0.25, -0.2) is 13.2 Å². The molecule has 0 spiro atoms. The molecule has 6 rings (SSSR count). The van der Waals surface area contributed by atoms with Crippen LogP contribution in [0.2, 0.25) is 0 Å². The molecule has 0 aliphatic rings. The highest BCUT2D eigenvalue weighted by atomic mass is 32.2. The van der Waals surface area contributed by atoms with E-state index in [-0.39, 0.29) is 45.8 Å². The summed E-state index contributed by atoms with van der Waals surface area (Å²) in [6.45, 7) is 0.669. The fraction of sp³-hybridized carbons (Fsp3) is 0.159. The van der Waals surface area contributed by atoms with Crippen LogP contribution in [-0.4, -0.2) is 42.1 Å². The SMILES string of the molecule is O=C(O)c1cc(S(=O)(=O)c2ccc(CCNC(Cc3ccccc3)[C@H](O)c3ccc(OCc4ccccc4)c([N+](=O)[O-])c3)cc2)ccc1OCc1ccccc1. The summed E-state index contributed by atoms with van der Waals surface area (Å²) in [6, 6.07) is 42.1. The van der Waals surface area contributed by atoms with E-state index < -0.39 is 32.9 Å². The van der Waals surface area contributed by atoms with Gasteiger partial charge in [-0.15, -0.1) is 0 Å². The number of benzene rings is 6. The summed E-state index contributed by atoms with van der Waals surface area (Å²) < 4.78 is 38.6. The minimum atomic E-state index is -4.06. The van der Waals surface area contributed by atoms with Crippen molar-refractivity contribution in [3.63, 3.8) is 0 Å². The molecule has 286 valence electrons. The number of nitro benzene ring substituents is 1. The molecule has 56 heavy (non-hydrogen) atoms. The van der Waals surface area contributed by atoms with Gasteiger partial charge in [0.25, 0.3) is 0 Å². The number of ether oxygens (including phenoxy) is 2. The summed E-state index contributed by atoms with van der Waals surface area (Å²) in [7, 11) is -4.06. The molecular formula is C44H40N2O9S. The van der Waals surface area contributed by atoms with Crippen LogP contribution in [0.4, 0.5) is 5.69 Å². The first-order valence-electron chi connectivity index (χ1n) is 17.9. The minimum absolute atomic E-state index is 0.00123. The molecule has 0 amide bonds. The van der Waals surface area contributed by atoms with Crippen LogP contribution in [0.3, 0.4) is 0 Å². The van der Waals surface area contributed by atoms with Crippen molar-refractivity contribution in [3.8, 4) is 11.5 Å². The third kappa shape index (κ3) is 10.0. The number of nitrogens with one attached hydrogen (secondary N) is 1. The van der Waals surface area contributed by atoms with Gasteiger partial charge < -0.3 is 25.0 Å². The third-order valence-corrected chi connectivity index (χ3v) is 11.0. The lowest BCUT2D eigenvalue weighted by molar-refractivity contribution is -0.386. The van der Waals surface area contributed by atoms with Crippen molar-refractivity contribution >= 4 is 21.5 Å². The van der Waals surface area contributed by atoms with E-state index in [0.29, 0.717) is 24.9 Å². The molecule has 3 N–H and O–H groups in total.